The van der Waals surface area contributed by atoms with Crippen LogP contribution < -0.4 is 5.32 Å². The number of piperazine rings is 1. The number of hydrogen-bond donors (Lipinski definition) is 1. The Morgan fingerprint density at radius 2 is 1.50 bits per heavy atom. The van der Waals surface area contributed by atoms with E-state index in [2.05, 4.69) is 37.4 Å². The van der Waals surface area contributed by atoms with Crippen LogP contribution in [0.5, 0.6) is 0 Å². The Bertz CT molecular complexity index is 639. The lowest BCUT2D eigenvalue weighted by Gasteiger charge is -2.36. The Morgan fingerprint density at radius 1 is 1.00 bits per heavy atom. The molecule has 0 aromatic heterocycles. The molecule has 1 aromatic rings. The van der Waals surface area contributed by atoms with Crippen molar-refractivity contribution in [3.63, 3.8) is 0 Å². The fourth-order valence-electron chi connectivity index (χ4n) is 3.04. The number of nitrogens with zero attached hydrogens (tertiary/aromatic N) is 2. The van der Waals surface area contributed by atoms with Crippen LogP contribution in [0.1, 0.15) is 50.4 Å². The van der Waals surface area contributed by atoms with Crippen LogP contribution >= 0.6 is 0 Å². The molecule has 3 amide bonds. The number of nitrogens with one attached hydrogen (secondary N) is 1. The van der Waals surface area contributed by atoms with Crippen molar-refractivity contribution in [2.75, 3.05) is 26.2 Å². The van der Waals surface area contributed by atoms with E-state index < -0.39 is 5.60 Å². The Labute approximate surface area is 156 Å². The maximum atomic E-state index is 12.5. The molecule has 2 rings (SSSR count). The van der Waals surface area contributed by atoms with Gasteiger partial charge in [-0.15, -0.1) is 0 Å². The largest absolute Gasteiger partial charge is 0.444 e. The molecule has 1 atom stereocenters. The standard InChI is InChI=1S/C20H31N3O3/c1-14-11-15(2)13-17(12-14)16(3)21-18(24)22-7-9-23(10-8-22)19(25)26-20(4,5)6/h11-13,16H,7-10H2,1-6H3,(H,21,24). The molecular formula is C20H31N3O3. The zero-order valence-electron chi connectivity index (χ0n) is 16.8. The quantitative estimate of drug-likeness (QED) is 0.875. The summed E-state index contributed by atoms with van der Waals surface area (Å²) >= 11 is 0. The third-order valence-electron chi connectivity index (χ3n) is 4.30. The topological polar surface area (TPSA) is 61.9 Å². The summed E-state index contributed by atoms with van der Waals surface area (Å²) in [5.74, 6) is 0. The maximum absolute atomic E-state index is 12.5. The number of rotatable bonds is 2. The van der Waals surface area contributed by atoms with Crippen molar-refractivity contribution in [3.8, 4) is 0 Å². The van der Waals surface area contributed by atoms with Crippen molar-refractivity contribution in [3.05, 3.63) is 34.9 Å². The van der Waals surface area contributed by atoms with Gasteiger partial charge in [0.2, 0.25) is 0 Å². The Morgan fingerprint density at radius 3 is 2.00 bits per heavy atom. The second-order valence-electron chi connectivity index (χ2n) is 8.05. The molecule has 1 saturated heterocycles. The molecule has 1 aliphatic rings. The highest BCUT2D eigenvalue weighted by Crippen LogP contribution is 2.17. The minimum atomic E-state index is -0.507. The van der Waals surface area contributed by atoms with Crippen LogP contribution in [0, 0.1) is 13.8 Å². The minimum Gasteiger partial charge on any atom is -0.444 e. The van der Waals surface area contributed by atoms with Gasteiger partial charge in [0.25, 0.3) is 0 Å². The summed E-state index contributed by atoms with van der Waals surface area (Å²) in [7, 11) is 0. The summed E-state index contributed by atoms with van der Waals surface area (Å²) in [4.78, 5) is 28.0. The first-order valence-corrected chi connectivity index (χ1v) is 9.17. The van der Waals surface area contributed by atoms with E-state index >= 15 is 0 Å². The predicted molar refractivity (Wildman–Crippen MR) is 102 cm³/mol. The minimum absolute atomic E-state index is 0.0648. The lowest BCUT2D eigenvalue weighted by Crippen LogP contribution is -2.54. The van der Waals surface area contributed by atoms with Crippen molar-refractivity contribution in [1.29, 1.82) is 0 Å². The molecule has 1 aromatic carbocycles. The number of amides is 3. The molecule has 144 valence electrons. The molecular weight excluding hydrogens is 330 g/mol. The average Bonchev–Trinajstić information content (AvgIpc) is 2.52. The van der Waals surface area contributed by atoms with E-state index in [4.69, 9.17) is 4.74 Å². The first-order chi connectivity index (χ1) is 12.0. The van der Waals surface area contributed by atoms with Crippen LogP contribution in [0.4, 0.5) is 9.59 Å². The van der Waals surface area contributed by atoms with E-state index in [0.717, 1.165) is 5.56 Å². The Kier molecular flexibility index (Phi) is 6.16. The van der Waals surface area contributed by atoms with Gasteiger partial charge in [-0.2, -0.15) is 0 Å². The molecule has 0 aliphatic carbocycles. The molecule has 1 fully saturated rings. The lowest BCUT2D eigenvalue weighted by atomic mass is 10.0. The number of urea groups is 1. The van der Waals surface area contributed by atoms with Gasteiger partial charge in [-0.1, -0.05) is 29.3 Å². The van der Waals surface area contributed by atoms with Gasteiger partial charge in [-0.25, -0.2) is 9.59 Å². The number of carbonyl (C=O) groups is 2. The smallest absolute Gasteiger partial charge is 0.410 e. The number of carbonyl (C=O) groups excluding carboxylic acids is 2. The molecule has 0 radical (unpaired) electrons. The average molecular weight is 361 g/mol. The van der Waals surface area contributed by atoms with Gasteiger partial charge in [0, 0.05) is 26.2 Å². The third-order valence-corrected chi connectivity index (χ3v) is 4.30. The number of hydrogen-bond acceptors (Lipinski definition) is 3. The second-order valence-corrected chi connectivity index (χ2v) is 8.05. The van der Waals surface area contributed by atoms with E-state index in [9.17, 15) is 9.59 Å². The van der Waals surface area contributed by atoms with Crippen molar-refractivity contribution < 1.29 is 14.3 Å². The zero-order valence-corrected chi connectivity index (χ0v) is 16.8. The molecule has 0 spiro atoms. The van der Waals surface area contributed by atoms with Crippen LogP contribution in [0.15, 0.2) is 18.2 Å². The SMILES string of the molecule is Cc1cc(C)cc(C(C)NC(=O)N2CCN(C(=O)OC(C)(C)C)CC2)c1. The zero-order chi connectivity index (χ0) is 19.5. The molecule has 1 aliphatic heterocycles. The van der Waals surface area contributed by atoms with Crippen LogP contribution in [-0.2, 0) is 4.74 Å². The highest BCUT2D eigenvalue weighted by Gasteiger charge is 2.28. The van der Waals surface area contributed by atoms with E-state index in [1.807, 2.05) is 27.7 Å². The first kappa shape index (κ1) is 20.1. The number of aryl methyl sites for hydroxylation is 2. The second kappa shape index (κ2) is 7.98. The molecule has 1 heterocycles. The summed E-state index contributed by atoms with van der Waals surface area (Å²) < 4.78 is 5.39. The Balaban J connectivity index is 1.87. The normalized spacial score (nSPS) is 16.2. The summed E-state index contributed by atoms with van der Waals surface area (Å²) in [5, 5.41) is 3.05. The van der Waals surface area contributed by atoms with E-state index in [1.165, 1.54) is 11.1 Å². The van der Waals surface area contributed by atoms with Crippen LogP contribution in [-0.4, -0.2) is 53.7 Å². The van der Waals surface area contributed by atoms with Gasteiger partial charge >= 0.3 is 12.1 Å². The fourth-order valence-corrected chi connectivity index (χ4v) is 3.04. The van der Waals surface area contributed by atoms with E-state index in [1.54, 1.807) is 9.80 Å². The third kappa shape index (κ3) is 5.64. The number of benzene rings is 1. The van der Waals surface area contributed by atoms with Crippen molar-refractivity contribution in [1.82, 2.24) is 15.1 Å². The monoisotopic (exact) mass is 361 g/mol. The van der Waals surface area contributed by atoms with Crippen molar-refractivity contribution in [2.24, 2.45) is 0 Å². The van der Waals surface area contributed by atoms with Crippen LogP contribution in [0.3, 0.4) is 0 Å². The molecule has 6 nitrogen and oxygen atoms in total. The van der Waals surface area contributed by atoms with Crippen molar-refractivity contribution in [2.45, 2.75) is 53.2 Å². The summed E-state index contributed by atoms with van der Waals surface area (Å²) in [5.41, 5.74) is 2.97. The highest BCUT2D eigenvalue weighted by molar-refractivity contribution is 5.75. The number of ether oxygens (including phenoxy) is 1. The lowest BCUT2D eigenvalue weighted by molar-refractivity contribution is 0.0169. The predicted octanol–water partition coefficient (Wildman–Crippen LogP) is 3.63. The molecule has 26 heavy (non-hydrogen) atoms. The van der Waals surface area contributed by atoms with Gasteiger partial charge in [0.15, 0.2) is 0 Å². The van der Waals surface area contributed by atoms with Gasteiger partial charge in [-0.05, 0) is 47.1 Å². The molecule has 1 N–H and O–H groups in total. The van der Waals surface area contributed by atoms with Crippen LogP contribution in [0.25, 0.3) is 0 Å². The van der Waals surface area contributed by atoms with E-state index in [0.29, 0.717) is 26.2 Å². The van der Waals surface area contributed by atoms with Gasteiger partial charge in [-0.3, -0.25) is 0 Å². The fraction of sp³-hybridized carbons (Fsp3) is 0.600. The highest BCUT2D eigenvalue weighted by atomic mass is 16.6. The first-order valence-electron chi connectivity index (χ1n) is 9.17. The maximum Gasteiger partial charge on any atom is 0.410 e. The van der Waals surface area contributed by atoms with Gasteiger partial charge in [0.1, 0.15) is 5.60 Å². The summed E-state index contributed by atoms with van der Waals surface area (Å²) in [6.45, 7) is 13.6. The molecule has 6 heteroatoms. The molecule has 0 bridgehead atoms. The van der Waals surface area contributed by atoms with Crippen molar-refractivity contribution >= 4 is 12.1 Å². The summed E-state index contributed by atoms with van der Waals surface area (Å²) in [6, 6.07) is 6.15. The van der Waals surface area contributed by atoms with Gasteiger partial charge < -0.3 is 19.9 Å². The van der Waals surface area contributed by atoms with Gasteiger partial charge in [0.05, 0.1) is 6.04 Å². The Hall–Kier alpha value is -2.24. The molecule has 0 saturated carbocycles. The molecule has 1 unspecified atom stereocenters. The van der Waals surface area contributed by atoms with E-state index in [-0.39, 0.29) is 18.2 Å². The summed E-state index contributed by atoms with van der Waals surface area (Å²) in [6.07, 6.45) is -0.318. The van der Waals surface area contributed by atoms with Crippen LogP contribution in [0.2, 0.25) is 0 Å².